The number of carbonyl (C=O) groups is 1. The summed E-state index contributed by atoms with van der Waals surface area (Å²) >= 11 is 12.0. The SMILES string of the molecule is O=C(O)c1cccc2c1Nc1ccc(Cc3ccc(Cl)c(Cl)c3)cc1O2. The number of carboxylic acid groups (broad SMARTS) is 1. The molecule has 2 N–H and O–H groups in total. The molecular weight excluding hydrogens is 373 g/mol. The lowest BCUT2D eigenvalue weighted by atomic mass is 10.0. The normalized spacial score (nSPS) is 11.8. The van der Waals surface area contributed by atoms with Crippen molar-refractivity contribution >= 4 is 40.5 Å². The molecular formula is C20H13Cl2NO3. The first-order valence-electron chi connectivity index (χ1n) is 7.89. The van der Waals surface area contributed by atoms with Crippen LogP contribution in [-0.4, -0.2) is 11.1 Å². The molecule has 0 spiro atoms. The van der Waals surface area contributed by atoms with Gasteiger partial charge in [0.15, 0.2) is 11.5 Å². The Hall–Kier alpha value is -2.69. The molecule has 6 heteroatoms. The van der Waals surface area contributed by atoms with Crippen LogP contribution in [0, 0.1) is 0 Å². The molecule has 4 rings (SSSR count). The van der Waals surface area contributed by atoms with Crippen molar-refractivity contribution in [3.8, 4) is 11.5 Å². The molecule has 0 unspecified atom stereocenters. The third kappa shape index (κ3) is 3.09. The van der Waals surface area contributed by atoms with Gasteiger partial charge in [-0.3, -0.25) is 0 Å². The minimum atomic E-state index is -1.00. The fraction of sp³-hybridized carbons (Fsp3) is 0.0500. The first kappa shape index (κ1) is 16.8. The minimum Gasteiger partial charge on any atom is -0.478 e. The summed E-state index contributed by atoms with van der Waals surface area (Å²) in [6.45, 7) is 0. The van der Waals surface area contributed by atoms with Gasteiger partial charge in [-0.2, -0.15) is 0 Å². The van der Waals surface area contributed by atoms with Crippen LogP contribution in [0.25, 0.3) is 0 Å². The Morgan fingerprint density at radius 1 is 0.962 bits per heavy atom. The van der Waals surface area contributed by atoms with E-state index < -0.39 is 5.97 Å². The van der Waals surface area contributed by atoms with Gasteiger partial charge in [-0.1, -0.05) is 41.4 Å². The fourth-order valence-corrected chi connectivity index (χ4v) is 3.25. The fourth-order valence-electron chi connectivity index (χ4n) is 2.93. The highest BCUT2D eigenvalue weighted by Crippen LogP contribution is 2.44. The van der Waals surface area contributed by atoms with Crippen molar-refractivity contribution in [2.75, 3.05) is 5.32 Å². The van der Waals surface area contributed by atoms with Crippen LogP contribution in [0.3, 0.4) is 0 Å². The quantitative estimate of drug-likeness (QED) is 0.445. The summed E-state index contributed by atoms with van der Waals surface area (Å²) in [6.07, 6.45) is 0.676. The number of anilines is 2. The smallest absolute Gasteiger partial charge is 0.337 e. The highest BCUT2D eigenvalue weighted by molar-refractivity contribution is 6.42. The first-order valence-corrected chi connectivity index (χ1v) is 8.65. The number of rotatable bonds is 3. The van der Waals surface area contributed by atoms with E-state index in [1.165, 1.54) is 0 Å². The number of para-hydroxylation sites is 1. The Balaban J connectivity index is 1.64. The lowest BCUT2D eigenvalue weighted by Crippen LogP contribution is -2.09. The third-order valence-electron chi connectivity index (χ3n) is 4.17. The molecule has 1 aliphatic heterocycles. The van der Waals surface area contributed by atoms with Gasteiger partial charge in [0.1, 0.15) is 0 Å². The van der Waals surface area contributed by atoms with Crippen LogP contribution in [0.1, 0.15) is 21.5 Å². The molecule has 1 heterocycles. The molecule has 0 saturated heterocycles. The first-order chi connectivity index (χ1) is 12.5. The van der Waals surface area contributed by atoms with E-state index in [0.29, 0.717) is 33.7 Å². The van der Waals surface area contributed by atoms with Gasteiger partial charge in [0, 0.05) is 0 Å². The monoisotopic (exact) mass is 385 g/mol. The summed E-state index contributed by atoms with van der Waals surface area (Å²) in [4.78, 5) is 11.4. The molecule has 0 saturated carbocycles. The number of fused-ring (bicyclic) bond motifs is 2. The predicted molar refractivity (Wildman–Crippen MR) is 102 cm³/mol. The molecule has 3 aromatic rings. The van der Waals surface area contributed by atoms with Crippen molar-refractivity contribution < 1.29 is 14.6 Å². The van der Waals surface area contributed by atoms with Crippen LogP contribution in [-0.2, 0) is 6.42 Å². The van der Waals surface area contributed by atoms with Crippen molar-refractivity contribution in [1.82, 2.24) is 0 Å². The van der Waals surface area contributed by atoms with Crippen LogP contribution >= 0.6 is 23.2 Å². The summed E-state index contributed by atoms with van der Waals surface area (Å²) in [7, 11) is 0. The second kappa shape index (κ2) is 6.56. The van der Waals surface area contributed by atoms with Gasteiger partial charge in [0.2, 0.25) is 0 Å². The highest BCUT2D eigenvalue weighted by Gasteiger charge is 2.22. The maximum absolute atomic E-state index is 11.4. The summed E-state index contributed by atoms with van der Waals surface area (Å²) in [5.41, 5.74) is 3.44. The standard InChI is InChI=1S/C20H13Cl2NO3/c21-14-6-4-11(9-15(14)22)8-12-5-7-16-18(10-12)26-17-3-1-2-13(20(24)25)19(17)23-16/h1-7,9-10,23H,8H2,(H,24,25). The largest absolute Gasteiger partial charge is 0.478 e. The van der Waals surface area contributed by atoms with E-state index in [9.17, 15) is 9.90 Å². The van der Waals surface area contributed by atoms with E-state index in [0.717, 1.165) is 16.8 Å². The van der Waals surface area contributed by atoms with E-state index in [1.54, 1.807) is 24.3 Å². The lowest BCUT2D eigenvalue weighted by molar-refractivity contribution is 0.0697. The zero-order valence-corrected chi connectivity index (χ0v) is 14.9. The Labute approximate surface area is 159 Å². The number of nitrogens with one attached hydrogen (secondary N) is 1. The molecule has 0 radical (unpaired) electrons. The van der Waals surface area contributed by atoms with Gasteiger partial charge in [-0.15, -0.1) is 0 Å². The van der Waals surface area contributed by atoms with Gasteiger partial charge in [-0.25, -0.2) is 4.79 Å². The summed E-state index contributed by atoms with van der Waals surface area (Å²) < 4.78 is 5.92. The maximum atomic E-state index is 11.4. The Morgan fingerprint density at radius 3 is 2.50 bits per heavy atom. The van der Waals surface area contributed by atoms with Gasteiger partial charge < -0.3 is 15.2 Å². The molecule has 1 aliphatic rings. The van der Waals surface area contributed by atoms with E-state index in [1.807, 2.05) is 30.3 Å². The molecule has 130 valence electrons. The Morgan fingerprint density at radius 2 is 1.73 bits per heavy atom. The van der Waals surface area contributed by atoms with Crippen LogP contribution in [0.5, 0.6) is 11.5 Å². The molecule has 26 heavy (non-hydrogen) atoms. The van der Waals surface area contributed by atoms with E-state index in [2.05, 4.69) is 5.32 Å². The average molecular weight is 386 g/mol. The van der Waals surface area contributed by atoms with E-state index in [4.69, 9.17) is 27.9 Å². The van der Waals surface area contributed by atoms with Gasteiger partial charge in [0.05, 0.1) is 27.0 Å². The number of hydrogen-bond donors (Lipinski definition) is 2. The van der Waals surface area contributed by atoms with Crippen molar-refractivity contribution in [2.24, 2.45) is 0 Å². The second-order valence-electron chi connectivity index (χ2n) is 5.97. The zero-order chi connectivity index (χ0) is 18.3. The van der Waals surface area contributed by atoms with Gasteiger partial charge in [0.25, 0.3) is 0 Å². The highest BCUT2D eigenvalue weighted by atomic mass is 35.5. The maximum Gasteiger partial charge on any atom is 0.337 e. The Bertz CT molecular complexity index is 1030. The van der Waals surface area contributed by atoms with Gasteiger partial charge in [-0.05, 0) is 53.9 Å². The molecule has 0 atom stereocenters. The lowest BCUT2D eigenvalue weighted by Gasteiger charge is -2.23. The molecule has 0 aliphatic carbocycles. The van der Waals surface area contributed by atoms with Crippen LogP contribution in [0.4, 0.5) is 11.4 Å². The molecule has 0 bridgehead atoms. The molecule has 4 nitrogen and oxygen atoms in total. The van der Waals surface area contributed by atoms with Crippen molar-refractivity contribution in [3.63, 3.8) is 0 Å². The molecule has 3 aromatic carbocycles. The molecule has 0 aromatic heterocycles. The number of aromatic carboxylic acids is 1. The van der Waals surface area contributed by atoms with Crippen LogP contribution < -0.4 is 10.1 Å². The second-order valence-corrected chi connectivity index (χ2v) is 6.78. The number of benzene rings is 3. The van der Waals surface area contributed by atoms with Crippen molar-refractivity contribution in [1.29, 1.82) is 0 Å². The van der Waals surface area contributed by atoms with Crippen molar-refractivity contribution in [3.05, 3.63) is 81.3 Å². The van der Waals surface area contributed by atoms with E-state index in [-0.39, 0.29) is 5.56 Å². The van der Waals surface area contributed by atoms with E-state index >= 15 is 0 Å². The average Bonchev–Trinajstić information content (AvgIpc) is 2.62. The minimum absolute atomic E-state index is 0.174. The number of ether oxygens (including phenoxy) is 1. The van der Waals surface area contributed by atoms with Crippen LogP contribution in [0.15, 0.2) is 54.6 Å². The number of halogens is 2. The van der Waals surface area contributed by atoms with Gasteiger partial charge >= 0.3 is 5.97 Å². The molecule has 0 amide bonds. The summed E-state index contributed by atoms with van der Waals surface area (Å²) in [5.74, 6) is 0.138. The zero-order valence-electron chi connectivity index (χ0n) is 13.4. The third-order valence-corrected chi connectivity index (χ3v) is 4.91. The van der Waals surface area contributed by atoms with Crippen LogP contribution in [0.2, 0.25) is 10.0 Å². The topological polar surface area (TPSA) is 58.6 Å². The number of carboxylic acids is 1. The van der Waals surface area contributed by atoms with Crippen molar-refractivity contribution in [2.45, 2.75) is 6.42 Å². The molecule has 0 fully saturated rings. The predicted octanol–water partition coefficient (Wildman–Crippen LogP) is 6.13. The summed E-state index contributed by atoms with van der Waals surface area (Å²) in [6, 6.07) is 16.3. The number of hydrogen-bond acceptors (Lipinski definition) is 3. The summed E-state index contributed by atoms with van der Waals surface area (Å²) in [5, 5.41) is 13.5. The Kier molecular flexibility index (Phi) is 4.23.